The molecule has 0 bridgehead atoms. The molecule has 0 aliphatic rings. The molecule has 2 rings (SSSR count). The maximum absolute atomic E-state index is 12.4. The zero-order chi connectivity index (χ0) is 14.7. The zero-order valence-corrected chi connectivity index (χ0v) is 12.0. The Morgan fingerprint density at radius 2 is 2.05 bits per heavy atom. The van der Waals surface area contributed by atoms with Crippen molar-refractivity contribution in [3.05, 3.63) is 52.5 Å². The van der Waals surface area contributed by atoms with Gasteiger partial charge in [0.25, 0.3) is 5.91 Å². The van der Waals surface area contributed by atoms with Gasteiger partial charge in [-0.25, -0.2) is 0 Å². The van der Waals surface area contributed by atoms with Gasteiger partial charge in [0.1, 0.15) is 11.3 Å². The molecule has 3 N–H and O–H groups in total. The van der Waals surface area contributed by atoms with E-state index in [9.17, 15) is 4.79 Å². The first-order valence-corrected chi connectivity index (χ1v) is 6.40. The van der Waals surface area contributed by atoms with Crippen molar-refractivity contribution in [2.75, 3.05) is 18.2 Å². The number of anilines is 2. The standard InChI is InChI=1S/C15H15ClN2O2/c1-9-6-7-10(16)8-12(9)18-15(19)14-11(17)4-3-5-13(14)20-2/h3-8H,17H2,1-2H3,(H,18,19). The summed E-state index contributed by atoms with van der Waals surface area (Å²) in [4.78, 5) is 12.4. The summed E-state index contributed by atoms with van der Waals surface area (Å²) in [5.41, 5.74) is 8.09. The highest BCUT2D eigenvalue weighted by Crippen LogP contribution is 2.27. The molecule has 0 radical (unpaired) electrons. The third-order valence-electron chi connectivity index (χ3n) is 2.95. The Morgan fingerprint density at radius 3 is 2.75 bits per heavy atom. The minimum atomic E-state index is -0.328. The molecule has 20 heavy (non-hydrogen) atoms. The van der Waals surface area contributed by atoms with Gasteiger partial charge in [-0.15, -0.1) is 0 Å². The van der Waals surface area contributed by atoms with Gasteiger partial charge in [-0.2, -0.15) is 0 Å². The summed E-state index contributed by atoms with van der Waals surface area (Å²) in [7, 11) is 1.50. The van der Waals surface area contributed by atoms with Gasteiger partial charge in [0, 0.05) is 16.4 Å². The number of nitrogen functional groups attached to an aromatic ring is 1. The number of hydrogen-bond donors (Lipinski definition) is 2. The molecule has 5 heteroatoms. The fourth-order valence-corrected chi connectivity index (χ4v) is 2.05. The van der Waals surface area contributed by atoms with Gasteiger partial charge in [-0.1, -0.05) is 23.7 Å². The average Bonchev–Trinajstić information content (AvgIpc) is 2.42. The molecule has 2 aromatic rings. The maximum Gasteiger partial charge on any atom is 0.261 e. The molecule has 4 nitrogen and oxygen atoms in total. The van der Waals surface area contributed by atoms with E-state index in [4.69, 9.17) is 22.1 Å². The lowest BCUT2D eigenvalue weighted by Gasteiger charge is -2.13. The van der Waals surface area contributed by atoms with Crippen LogP contribution < -0.4 is 15.8 Å². The lowest BCUT2D eigenvalue weighted by atomic mass is 10.1. The van der Waals surface area contributed by atoms with E-state index in [2.05, 4.69) is 5.32 Å². The lowest BCUT2D eigenvalue weighted by Crippen LogP contribution is -2.16. The Kier molecular flexibility index (Phi) is 4.15. The van der Waals surface area contributed by atoms with Crippen LogP contribution in [0.2, 0.25) is 5.02 Å². The number of methoxy groups -OCH3 is 1. The van der Waals surface area contributed by atoms with Crippen LogP contribution in [0.3, 0.4) is 0 Å². The number of rotatable bonds is 3. The van der Waals surface area contributed by atoms with Crippen molar-refractivity contribution in [2.45, 2.75) is 6.92 Å². The topological polar surface area (TPSA) is 64.3 Å². The maximum atomic E-state index is 12.4. The van der Waals surface area contributed by atoms with Crippen LogP contribution in [0.25, 0.3) is 0 Å². The molecule has 0 atom stereocenters. The van der Waals surface area contributed by atoms with E-state index in [1.54, 1.807) is 30.3 Å². The number of aryl methyl sites for hydroxylation is 1. The molecule has 0 unspecified atom stereocenters. The predicted octanol–water partition coefficient (Wildman–Crippen LogP) is 3.49. The van der Waals surface area contributed by atoms with Gasteiger partial charge < -0.3 is 15.8 Å². The van der Waals surface area contributed by atoms with E-state index in [0.29, 0.717) is 27.7 Å². The van der Waals surface area contributed by atoms with E-state index in [-0.39, 0.29) is 5.91 Å². The highest BCUT2D eigenvalue weighted by molar-refractivity contribution is 6.31. The van der Waals surface area contributed by atoms with Gasteiger partial charge in [0.2, 0.25) is 0 Å². The van der Waals surface area contributed by atoms with Crippen molar-refractivity contribution in [1.29, 1.82) is 0 Å². The normalized spacial score (nSPS) is 10.2. The lowest BCUT2D eigenvalue weighted by molar-refractivity contribution is 0.102. The smallest absolute Gasteiger partial charge is 0.261 e. The molecule has 0 aliphatic heterocycles. The van der Waals surface area contributed by atoms with E-state index >= 15 is 0 Å². The zero-order valence-electron chi connectivity index (χ0n) is 11.2. The van der Waals surface area contributed by atoms with E-state index in [1.807, 2.05) is 13.0 Å². The number of nitrogens with one attached hydrogen (secondary N) is 1. The molecule has 1 amide bonds. The summed E-state index contributed by atoms with van der Waals surface area (Å²) >= 11 is 5.94. The summed E-state index contributed by atoms with van der Waals surface area (Å²) in [5, 5.41) is 3.35. The van der Waals surface area contributed by atoms with E-state index in [0.717, 1.165) is 5.56 Å². The first kappa shape index (κ1) is 14.2. The van der Waals surface area contributed by atoms with E-state index in [1.165, 1.54) is 7.11 Å². The fourth-order valence-electron chi connectivity index (χ4n) is 1.87. The number of amides is 1. The van der Waals surface area contributed by atoms with Crippen LogP contribution in [-0.4, -0.2) is 13.0 Å². The molecular formula is C15H15ClN2O2. The van der Waals surface area contributed by atoms with Crippen molar-refractivity contribution in [3.8, 4) is 5.75 Å². The number of carbonyl (C=O) groups excluding carboxylic acids is 1. The monoisotopic (exact) mass is 290 g/mol. The summed E-state index contributed by atoms with van der Waals surface area (Å²) in [6.45, 7) is 1.89. The second kappa shape index (κ2) is 5.84. The number of benzene rings is 2. The number of carbonyl (C=O) groups is 1. The van der Waals surface area contributed by atoms with E-state index < -0.39 is 0 Å². The van der Waals surface area contributed by atoms with Gasteiger partial charge in [0.15, 0.2) is 0 Å². The fraction of sp³-hybridized carbons (Fsp3) is 0.133. The largest absolute Gasteiger partial charge is 0.496 e. The Bertz CT molecular complexity index is 656. The predicted molar refractivity (Wildman–Crippen MR) is 81.5 cm³/mol. The van der Waals surface area contributed by atoms with Crippen LogP contribution in [0.5, 0.6) is 5.75 Å². The second-order valence-electron chi connectivity index (χ2n) is 4.34. The highest BCUT2D eigenvalue weighted by Gasteiger charge is 2.16. The minimum absolute atomic E-state index is 0.314. The molecule has 0 spiro atoms. The van der Waals surface area contributed by atoms with Crippen molar-refractivity contribution >= 4 is 28.9 Å². The summed E-state index contributed by atoms with van der Waals surface area (Å²) < 4.78 is 5.17. The minimum Gasteiger partial charge on any atom is -0.496 e. The van der Waals surface area contributed by atoms with Crippen molar-refractivity contribution in [3.63, 3.8) is 0 Å². The second-order valence-corrected chi connectivity index (χ2v) is 4.77. The summed E-state index contributed by atoms with van der Waals surface area (Å²) in [6.07, 6.45) is 0. The number of nitrogens with two attached hydrogens (primary N) is 1. The first-order chi connectivity index (χ1) is 9.52. The van der Waals surface area contributed by atoms with Crippen molar-refractivity contribution < 1.29 is 9.53 Å². The molecule has 0 aromatic heterocycles. The molecule has 0 fully saturated rings. The highest BCUT2D eigenvalue weighted by atomic mass is 35.5. The van der Waals surface area contributed by atoms with Gasteiger partial charge in [-0.3, -0.25) is 4.79 Å². The molecule has 0 heterocycles. The third kappa shape index (κ3) is 2.86. The van der Waals surface area contributed by atoms with Crippen LogP contribution in [0.1, 0.15) is 15.9 Å². The number of ether oxygens (including phenoxy) is 1. The van der Waals surface area contributed by atoms with Crippen molar-refractivity contribution in [1.82, 2.24) is 0 Å². The molecular weight excluding hydrogens is 276 g/mol. The van der Waals surface area contributed by atoms with Crippen LogP contribution >= 0.6 is 11.6 Å². The van der Waals surface area contributed by atoms with Crippen LogP contribution in [0, 0.1) is 6.92 Å². The van der Waals surface area contributed by atoms with Gasteiger partial charge in [-0.05, 0) is 36.8 Å². The Morgan fingerprint density at radius 1 is 1.30 bits per heavy atom. The van der Waals surface area contributed by atoms with Crippen LogP contribution in [0.15, 0.2) is 36.4 Å². The Balaban J connectivity index is 2.36. The molecule has 0 saturated carbocycles. The Labute approximate surface area is 122 Å². The Hall–Kier alpha value is -2.20. The van der Waals surface area contributed by atoms with Crippen LogP contribution in [0.4, 0.5) is 11.4 Å². The van der Waals surface area contributed by atoms with Crippen LogP contribution in [-0.2, 0) is 0 Å². The average molecular weight is 291 g/mol. The quantitative estimate of drug-likeness (QED) is 0.851. The van der Waals surface area contributed by atoms with Crippen molar-refractivity contribution in [2.24, 2.45) is 0 Å². The molecule has 2 aromatic carbocycles. The molecule has 104 valence electrons. The SMILES string of the molecule is COc1cccc(N)c1C(=O)Nc1cc(Cl)ccc1C. The third-order valence-corrected chi connectivity index (χ3v) is 3.19. The number of halogens is 1. The molecule has 0 aliphatic carbocycles. The number of hydrogen-bond acceptors (Lipinski definition) is 3. The van der Waals surface area contributed by atoms with Gasteiger partial charge >= 0.3 is 0 Å². The summed E-state index contributed by atoms with van der Waals surface area (Å²) in [6, 6.07) is 10.4. The first-order valence-electron chi connectivity index (χ1n) is 6.03. The summed E-state index contributed by atoms with van der Waals surface area (Å²) in [5.74, 6) is 0.104. The molecule has 0 saturated heterocycles. The van der Waals surface area contributed by atoms with Gasteiger partial charge in [0.05, 0.1) is 7.11 Å².